The van der Waals surface area contributed by atoms with E-state index >= 15 is 0 Å². The molecule has 0 aliphatic carbocycles. The minimum Gasteiger partial charge on any atom is -0.491 e. The van der Waals surface area contributed by atoms with Crippen LogP contribution in [0.5, 0.6) is 5.75 Å². The number of ether oxygens (including phenoxy) is 1. The number of halogens is 2. The summed E-state index contributed by atoms with van der Waals surface area (Å²) in [6, 6.07) is 3.66. The van der Waals surface area contributed by atoms with E-state index in [1.165, 1.54) is 6.21 Å². The molecule has 82 valence electrons. The van der Waals surface area contributed by atoms with Crippen LogP contribution in [0.4, 0.5) is 0 Å². The van der Waals surface area contributed by atoms with Crippen LogP contribution in [0.15, 0.2) is 26.2 Å². The lowest BCUT2D eigenvalue weighted by molar-refractivity contribution is 0.313. The van der Waals surface area contributed by atoms with Gasteiger partial charge in [-0.05, 0) is 56.0 Å². The Morgan fingerprint density at radius 1 is 1.40 bits per heavy atom. The molecule has 0 unspecified atom stereocenters. The van der Waals surface area contributed by atoms with Crippen LogP contribution in [-0.2, 0) is 0 Å². The van der Waals surface area contributed by atoms with E-state index in [1.807, 2.05) is 12.1 Å². The molecule has 1 aromatic rings. The summed E-state index contributed by atoms with van der Waals surface area (Å²) in [5.74, 6) is 0.770. The average Bonchev–Trinajstić information content (AvgIpc) is 2.17. The fourth-order valence-electron chi connectivity index (χ4n) is 1.06. The maximum Gasteiger partial charge on any atom is 0.147 e. The first-order valence-electron chi connectivity index (χ1n) is 4.48. The Hall–Kier alpha value is -0.550. The molecule has 15 heavy (non-hydrogen) atoms. The molecule has 0 amide bonds. The van der Waals surface area contributed by atoms with Crippen LogP contribution in [0.1, 0.15) is 18.9 Å². The molecule has 5 heteroatoms. The first-order valence-corrected chi connectivity index (χ1v) is 6.07. The first-order chi connectivity index (χ1) is 7.19. The van der Waals surface area contributed by atoms with Crippen molar-refractivity contribution < 1.29 is 9.94 Å². The van der Waals surface area contributed by atoms with E-state index in [2.05, 4.69) is 43.9 Å². The van der Waals surface area contributed by atoms with Gasteiger partial charge in [-0.15, -0.1) is 0 Å². The Morgan fingerprint density at radius 3 is 2.47 bits per heavy atom. The molecule has 3 nitrogen and oxygen atoms in total. The van der Waals surface area contributed by atoms with Crippen LogP contribution >= 0.6 is 31.9 Å². The third kappa shape index (κ3) is 3.50. The van der Waals surface area contributed by atoms with Gasteiger partial charge in [0.1, 0.15) is 5.75 Å². The van der Waals surface area contributed by atoms with E-state index in [4.69, 9.17) is 9.94 Å². The van der Waals surface area contributed by atoms with Gasteiger partial charge in [0.2, 0.25) is 0 Å². The van der Waals surface area contributed by atoms with Crippen LogP contribution in [0, 0.1) is 0 Å². The maximum atomic E-state index is 8.42. The Kier molecular flexibility index (Phi) is 5.11. The van der Waals surface area contributed by atoms with Gasteiger partial charge in [0.25, 0.3) is 0 Å². The fraction of sp³-hybridized carbons (Fsp3) is 0.300. The topological polar surface area (TPSA) is 41.8 Å². The SMILES string of the molecule is CCCOc1c(Br)cc(/C=N\O)cc1Br. The highest BCUT2D eigenvalue weighted by atomic mass is 79.9. The van der Waals surface area contributed by atoms with E-state index in [1.54, 1.807) is 0 Å². The van der Waals surface area contributed by atoms with E-state index < -0.39 is 0 Å². The number of hydrogen-bond acceptors (Lipinski definition) is 3. The molecule has 0 aliphatic heterocycles. The van der Waals surface area contributed by atoms with Gasteiger partial charge in [0, 0.05) is 0 Å². The van der Waals surface area contributed by atoms with Gasteiger partial charge >= 0.3 is 0 Å². The molecule has 0 spiro atoms. The predicted octanol–water partition coefficient (Wildman–Crippen LogP) is 3.81. The highest BCUT2D eigenvalue weighted by Gasteiger charge is 2.07. The lowest BCUT2D eigenvalue weighted by Gasteiger charge is -2.09. The number of nitrogens with zero attached hydrogens (tertiary/aromatic N) is 1. The van der Waals surface area contributed by atoms with Gasteiger partial charge in [-0.25, -0.2) is 0 Å². The van der Waals surface area contributed by atoms with Crippen molar-refractivity contribution in [3.63, 3.8) is 0 Å². The van der Waals surface area contributed by atoms with Gasteiger partial charge in [-0.2, -0.15) is 0 Å². The van der Waals surface area contributed by atoms with Crippen LogP contribution in [0.2, 0.25) is 0 Å². The van der Waals surface area contributed by atoms with Gasteiger partial charge in [0.05, 0.1) is 21.8 Å². The van der Waals surface area contributed by atoms with Crippen molar-refractivity contribution in [1.29, 1.82) is 0 Å². The zero-order chi connectivity index (χ0) is 11.3. The molecule has 0 fully saturated rings. The number of rotatable bonds is 4. The van der Waals surface area contributed by atoms with Crippen LogP contribution < -0.4 is 4.74 Å². The lowest BCUT2D eigenvalue weighted by atomic mass is 10.2. The minimum atomic E-state index is 0.671. The van der Waals surface area contributed by atoms with Gasteiger partial charge < -0.3 is 9.94 Å². The molecular weight excluding hydrogens is 326 g/mol. The zero-order valence-corrected chi connectivity index (χ0v) is 11.4. The quantitative estimate of drug-likeness (QED) is 0.516. The Bertz CT molecular complexity index is 343. The summed E-state index contributed by atoms with van der Waals surface area (Å²) in [6.45, 7) is 2.72. The second-order valence-electron chi connectivity index (χ2n) is 2.91. The van der Waals surface area contributed by atoms with Crippen LogP contribution in [0.25, 0.3) is 0 Å². The number of benzene rings is 1. The van der Waals surface area contributed by atoms with Crippen molar-refractivity contribution in [1.82, 2.24) is 0 Å². The highest BCUT2D eigenvalue weighted by Crippen LogP contribution is 2.34. The molecule has 0 saturated carbocycles. The van der Waals surface area contributed by atoms with Crippen molar-refractivity contribution in [2.75, 3.05) is 6.61 Å². The summed E-state index contributed by atoms with van der Waals surface area (Å²) in [6.07, 6.45) is 2.32. The molecule has 0 aliphatic rings. The van der Waals surface area contributed by atoms with Crippen molar-refractivity contribution >= 4 is 38.1 Å². The molecule has 0 bridgehead atoms. The third-order valence-corrected chi connectivity index (χ3v) is 2.86. The maximum absolute atomic E-state index is 8.42. The molecular formula is C10H11Br2NO2. The summed E-state index contributed by atoms with van der Waals surface area (Å²) >= 11 is 6.80. The molecule has 0 radical (unpaired) electrons. The van der Waals surface area contributed by atoms with Gasteiger partial charge in [0.15, 0.2) is 0 Å². The molecule has 0 atom stereocenters. The molecule has 0 aromatic heterocycles. The third-order valence-electron chi connectivity index (χ3n) is 1.68. The zero-order valence-electron chi connectivity index (χ0n) is 8.20. The standard InChI is InChI=1S/C10H11Br2NO2/c1-2-3-15-10-8(11)4-7(6-13-14)5-9(10)12/h4-6,14H,2-3H2,1H3/b13-6-. The minimum absolute atomic E-state index is 0.671. The van der Waals surface area contributed by atoms with E-state index in [9.17, 15) is 0 Å². The van der Waals surface area contributed by atoms with Crippen molar-refractivity contribution in [3.8, 4) is 5.75 Å². The molecule has 0 heterocycles. The van der Waals surface area contributed by atoms with E-state index in [0.29, 0.717) is 6.61 Å². The first kappa shape index (κ1) is 12.5. The van der Waals surface area contributed by atoms with E-state index in [0.717, 1.165) is 26.7 Å². The van der Waals surface area contributed by atoms with Gasteiger partial charge in [-0.3, -0.25) is 0 Å². The summed E-state index contributed by atoms with van der Waals surface area (Å²) in [5.41, 5.74) is 0.792. The molecule has 1 rings (SSSR count). The molecule has 1 N–H and O–H groups in total. The van der Waals surface area contributed by atoms with Crippen molar-refractivity contribution in [3.05, 3.63) is 26.6 Å². The predicted molar refractivity (Wildman–Crippen MR) is 67.0 cm³/mol. The normalized spacial score (nSPS) is 10.9. The molecule has 0 saturated heterocycles. The highest BCUT2D eigenvalue weighted by molar-refractivity contribution is 9.11. The Labute approximate surface area is 105 Å². The summed E-state index contributed by atoms with van der Waals surface area (Å²) in [7, 11) is 0. The Morgan fingerprint density at radius 2 is 2.00 bits per heavy atom. The van der Waals surface area contributed by atoms with Crippen LogP contribution in [0.3, 0.4) is 0 Å². The summed E-state index contributed by atoms with van der Waals surface area (Å²) in [5, 5.41) is 11.4. The van der Waals surface area contributed by atoms with Crippen molar-refractivity contribution in [2.45, 2.75) is 13.3 Å². The summed E-state index contributed by atoms with van der Waals surface area (Å²) in [4.78, 5) is 0. The fourth-order valence-corrected chi connectivity index (χ4v) is 2.51. The largest absolute Gasteiger partial charge is 0.491 e. The van der Waals surface area contributed by atoms with Gasteiger partial charge in [-0.1, -0.05) is 12.1 Å². The summed E-state index contributed by atoms with van der Waals surface area (Å²) < 4.78 is 7.22. The lowest BCUT2D eigenvalue weighted by Crippen LogP contribution is -1.97. The van der Waals surface area contributed by atoms with E-state index in [-0.39, 0.29) is 0 Å². The average molecular weight is 337 g/mol. The Balaban J connectivity index is 2.98. The monoisotopic (exact) mass is 335 g/mol. The van der Waals surface area contributed by atoms with Crippen LogP contribution in [-0.4, -0.2) is 18.0 Å². The smallest absolute Gasteiger partial charge is 0.147 e. The number of oxime groups is 1. The number of hydrogen-bond donors (Lipinski definition) is 1. The van der Waals surface area contributed by atoms with Crippen molar-refractivity contribution in [2.24, 2.45) is 5.16 Å². The second-order valence-corrected chi connectivity index (χ2v) is 4.62. The molecule has 1 aromatic carbocycles. The second kappa shape index (κ2) is 6.12.